The van der Waals surface area contributed by atoms with Crippen LogP contribution in [0.3, 0.4) is 0 Å². The van der Waals surface area contributed by atoms with Crippen molar-refractivity contribution in [1.29, 1.82) is 0 Å². The van der Waals surface area contributed by atoms with E-state index in [1.165, 1.54) is 24.8 Å². The van der Waals surface area contributed by atoms with Crippen LogP contribution in [0.2, 0.25) is 0 Å². The molecular formula is C28H29FN8. The first kappa shape index (κ1) is 22.5. The lowest BCUT2D eigenvalue weighted by atomic mass is 9.81. The molecule has 0 radical (unpaired) electrons. The molecule has 2 aliphatic carbocycles. The zero-order chi connectivity index (χ0) is 24.8. The van der Waals surface area contributed by atoms with Crippen LogP contribution in [0.4, 0.5) is 21.8 Å². The van der Waals surface area contributed by atoms with E-state index < -0.39 is 0 Å². The number of halogens is 1. The van der Waals surface area contributed by atoms with E-state index in [-0.39, 0.29) is 11.6 Å². The lowest BCUT2D eigenvalue weighted by Gasteiger charge is -2.30. The molecule has 0 spiro atoms. The van der Waals surface area contributed by atoms with Crippen molar-refractivity contribution in [2.75, 3.05) is 36.4 Å². The summed E-state index contributed by atoms with van der Waals surface area (Å²) in [6.45, 7) is 3.63. The van der Waals surface area contributed by atoms with Crippen molar-refractivity contribution in [1.82, 2.24) is 30.2 Å². The van der Waals surface area contributed by atoms with E-state index in [1.54, 1.807) is 18.5 Å². The second kappa shape index (κ2) is 9.30. The zero-order valence-corrected chi connectivity index (χ0v) is 20.6. The summed E-state index contributed by atoms with van der Waals surface area (Å²) in [6.07, 6.45) is 13.1. The highest BCUT2D eigenvalue weighted by Crippen LogP contribution is 2.45. The fraction of sp³-hybridized carbons (Fsp3) is 0.393. The quantitative estimate of drug-likeness (QED) is 0.389. The number of nitrogens with zero attached hydrogens (tertiary/aromatic N) is 6. The largest absolute Gasteiger partial charge is 0.353 e. The van der Waals surface area contributed by atoms with E-state index in [4.69, 9.17) is 9.97 Å². The Morgan fingerprint density at radius 3 is 2.57 bits per heavy atom. The normalized spacial score (nSPS) is 18.1. The monoisotopic (exact) mass is 496 g/mol. The molecule has 4 aromatic heterocycles. The predicted molar refractivity (Wildman–Crippen MR) is 142 cm³/mol. The molecule has 1 saturated heterocycles. The van der Waals surface area contributed by atoms with Gasteiger partial charge in [-0.05, 0) is 66.8 Å². The summed E-state index contributed by atoms with van der Waals surface area (Å²) < 4.78 is 14.8. The minimum absolute atomic E-state index is 0.173. The maximum atomic E-state index is 14.8. The average molecular weight is 497 g/mol. The molecule has 0 bridgehead atoms. The molecule has 2 N–H and O–H groups in total. The van der Waals surface area contributed by atoms with Gasteiger partial charge in [-0.2, -0.15) is 0 Å². The smallest absolute Gasteiger partial charge is 0.167 e. The van der Waals surface area contributed by atoms with Crippen molar-refractivity contribution in [2.24, 2.45) is 0 Å². The Kier molecular flexibility index (Phi) is 5.65. The third kappa shape index (κ3) is 4.37. The number of pyridine rings is 3. The Labute approximate surface area is 214 Å². The molecule has 4 aromatic rings. The molecule has 37 heavy (non-hydrogen) atoms. The maximum Gasteiger partial charge on any atom is 0.167 e. The molecule has 0 atom stereocenters. The van der Waals surface area contributed by atoms with Gasteiger partial charge in [-0.25, -0.2) is 24.3 Å². The predicted octanol–water partition coefficient (Wildman–Crippen LogP) is 4.92. The molecule has 7 rings (SSSR count). The van der Waals surface area contributed by atoms with Crippen LogP contribution >= 0.6 is 0 Å². The number of hydrogen-bond donors (Lipinski definition) is 2. The second-order valence-corrected chi connectivity index (χ2v) is 10.3. The SMILES string of the molecule is Fc1cc(C2CCC2)cnc1Nc1cc(-c2nc(N3CCNCC3)c3c(C4CC4)cncc3n2)ccn1. The van der Waals surface area contributed by atoms with E-state index in [1.807, 2.05) is 24.5 Å². The first-order chi connectivity index (χ1) is 18.2. The molecule has 0 unspecified atom stereocenters. The summed E-state index contributed by atoms with van der Waals surface area (Å²) in [5.41, 5.74) is 3.88. The Hall–Kier alpha value is -3.72. The van der Waals surface area contributed by atoms with Crippen molar-refractivity contribution >= 4 is 28.4 Å². The van der Waals surface area contributed by atoms with Gasteiger partial charge in [0.15, 0.2) is 17.5 Å². The van der Waals surface area contributed by atoms with Gasteiger partial charge in [-0.1, -0.05) is 6.42 Å². The number of hydrogen-bond acceptors (Lipinski definition) is 8. The fourth-order valence-electron chi connectivity index (χ4n) is 5.30. The highest BCUT2D eigenvalue weighted by Gasteiger charge is 2.29. The number of fused-ring (bicyclic) bond motifs is 1. The standard InChI is InChI=1S/C28H29FN8/c29-22-12-20(17-2-1-3-17)14-33-27(22)35-24-13-19(6-7-32-24)26-34-23-16-31-15-21(18-4-5-18)25(23)28(36-26)37-10-8-30-9-11-37/h6-7,12-18,30H,1-5,8-11H2,(H,32,33,35). The van der Waals surface area contributed by atoms with Crippen LogP contribution in [0.5, 0.6) is 0 Å². The molecule has 0 amide bonds. The number of rotatable bonds is 6. The summed E-state index contributed by atoms with van der Waals surface area (Å²) in [4.78, 5) is 25.6. The topological polar surface area (TPSA) is 91.8 Å². The Morgan fingerprint density at radius 1 is 0.946 bits per heavy atom. The molecule has 2 saturated carbocycles. The third-order valence-electron chi connectivity index (χ3n) is 7.75. The summed E-state index contributed by atoms with van der Waals surface area (Å²) in [6, 6.07) is 5.33. The summed E-state index contributed by atoms with van der Waals surface area (Å²) in [5.74, 6) is 2.86. The van der Waals surface area contributed by atoms with Crippen molar-refractivity contribution < 1.29 is 4.39 Å². The summed E-state index contributed by atoms with van der Waals surface area (Å²) in [5, 5.41) is 7.60. The maximum absolute atomic E-state index is 14.8. The molecule has 8 nitrogen and oxygen atoms in total. The minimum Gasteiger partial charge on any atom is -0.353 e. The van der Waals surface area contributed by atoms with Crippen LogP contribution < -0.4 is 15.5 Å². The van der Waals surface area contributed by atoms with Crippen molar-refractivity contribution in [3.05, 3.63) is 59.9 Å². The van der Waals surface area contributed by atoms with Crippen LogP contribution in [-0.4, -0.2) is 51.1 Å². The van der Waals surface area contributed by atoms with E-state index in [9.17, 15) is 4.39 Å². The van der Waals surface area contributed by atoms with Crippen LogP contribution in [0.1, 0.15) is 55.1 Å². The average Bonchev–Trinajstić information content (AvgIpc) is 3.75. The Balaban J connectivity index is 1.25. The van der Waals surface area contributed by atoms with Gasteiger partial charge in [0.05, 0.1) is 11.7 Å². The molecule has 0 aromatic carbocycles. The number of nitrogens with one attached hydrogen (secondary N) is 2. The molecular weight excluding hydrogens is 467 g/mol. The van der Waals surface area contributed by atoms with Crippen molar-refractivity contribution in [3.63, 3.8) is 0 Å². The number of aromatic nitrogens is 5. The highest BCUT2D eigenvalue weighted by molar-refractivity contribution is 5.94. The molecule has 1 aliphatic heterocycles. The molecule has 188 valence electrons. The molecule has 5 heterocycles. The number of piperazine rings is 1. The van der Waals surface area contributed by atoms with Gasteiger partial charge >= 0.3 is 0 Å². The van der Waals surface area contributed by atoms with Crippen LogP contribution in [-0.2, 0) is 0 Å². The second-order valence-electron chi connectivity index (χ2n) is 10.3. The van der Waals surface area contributed by atoms with Gasteiger partial charge in [0, 0.05) is 55.7 Å². The van der Waals surface area contributed by atoms with Crippen molar-refractivity contribution in [3.8, 4) is 11.4 Å². The Bertz CT molecular complexity index is 1460. The number of anilines is 3. The highest BCUT2D eigenvalue weighted by atomic mass is 19.1. The van der Waals surface area contributed by atoms with Crippen LogP contribution in [0.25, 0.3) is 22.3 Å². The van der Waals surface area contributed by atoms with E-state index in [0.29, 0.717) is 23.5 Å². The summed E-state index contributed by atoms with van der Waals surface area (Å²) >= 11 is 0. The van der Waals surface area contributed by atoms with E-state index in [0.717, 1.165) is 66.9 Å². The molecule has 3 fully saturated rings. The van der Waals surface area contributed by atoms with E-state index in [2.05, 4.69) is 30.5 Å². The van der Waals surface area contributed by atoms with Gasteiger partial charge in [-0.15, -0.1) is 0 Å². The van der Waals surface area contributed by atoms with Gasteiger partial charge in [0.2, 0.25) is 0 Å². The van der Waals surface area contributed by atoms with Gasteiger partial charge in [0.1, 0.15) is 11.6 Å². The summed E-state index contributed by atoms with van der Waals surface area (Å²) in [7, 11) is 0. The molecule has 3 aliphatic rings. The van der Waals surface area contributed by atoms with Crippen LogP contribution in [0, 0.1) is 5.82 Å². The fourth-order valence-corrected chi connectivity index (χ4v) is 5.30. The minimum atomic E-state index is -0.363. The lowest BCUT2D eigenvalue weighted by molar-refractivity contribution is 0.417. The van der Waals surface area contributed by atoms with Gasteiger partial charge < -0.3 is 15.5 Å². The van der Waals surface area contributed by atoms with Gasteiger partial charge in [0.25, 0.3) is 0 Å². The van der Waals surface area contributed by atoms with Gasteiger partial charge in [-0.3, -0.25) is 4.98 Å². The first-order valence-corrected chi connectivity index (χ1v) is 13.2. The van der Waals surface area contributed by atoms with Crippen molar-refractivity contribution in [2.45, 2.75) is 43.9 Å². The molecule has 9 heteroatoms. The first-order valence-electron chi connectivity index (χ1n) is 13.2. The third-order valence-corrected chi connectivity index (χ3v) is 7.75. The van der Waals surface area contributed by atoms with Crippen LogP contribution in [0.15, 0.2) is 43.0 Å². The zero-order valence-electron chi connectivity index (χ0n) is 20.6. The Morgan fingerprint density at radius 2 is 1.81 bits per heavy atom. The lowest BCUT2D eigenvalue weighted by Crippen LogP contribution is -2.44. The van der Waals surface area contributed by atoms with E-state index >= 15 is 0 Å².